The molecule has 12 heteroatoms. The van der Waals surface area contributed by atoms with Crippen molar-refractivity contribution in [2.75, 3.05) is 44.7 Å². The standard InChI is InChI=1S/C42H42F2N8O2/c1-7-28-31(43)12-11-26-19-27(40(3,4)23-45)20-29(34(26)28)36-35(44)37-30(21-47-36)38(49-39(48-37)54-25-42-13-9-16-51(42)17-10-14-42)50(6)22-32-41(5,24-46)15-18-52(32)33(53)8-2/h1,8,11-12,19-21,32H,2,9-10,13-18,22,25H2,3-6H3/t32-,41?/m1/s1. The number of benzene rings is 2. The number of hydrogen-bond acceptors (Lipinski definition) is 9. The summed E-state index contributed by atoms with van der Waals surface area (Å²) in [6.45, 7) is 11.9. The topological polar surface area (TPSA) is 122 Å². The number of likely N-dealkylation sites (tertiary alicyclic amines) is 1. The smallest absolute Gasteiger partial charge is 0.319 e. The SMILES string of the molecule is C#Cc1c(F)ccc2cc(C(C)(C)C#N)cc(-c3ncc4c(N(C)C[C@H]5N(C(=O)C=C)CCC5(C)C#N)nc(OCC56CCCN5CCC6)nc4c3F)c12. The molecular weight excluding hydrogens is 687 g/mol. The van der Waals surface area contributed by atoms with Crippen molar-refractivity contribution in [1.29, 1.82) is 10.5 Å². The van der Waals surface area contributed by atoms with E-state index in [2.05, 4.69) is 39.5 Å². The molecule has 4 aromatic rings. The third-order valence-corrected chi connectivity index (χ3v) is 11.9. The van der Waals surface area contributed by atoms with Gasteiger partial charge in [0.2, 0.25) is 5.91 Å². The molecule has 3 fully saturated rings. The Morgan fingerprint density at radius 1 is 1.17 bits per heavy atom. The van der Waals surface area contributed by atoms with Crippen LogP contribution in [0.1, 0.15) is 64.0 Å². The summed E-state index contributed by atoms with van der Waals surface area (Å²) in [4.78, 5) is 32.8. The zero-order valence-corrected chi connectivity index (χ0v) is 31.0. The summed E-state index contributed by atoms with van der Waals surface area (Å²) in [6.07, 6.45) is 13.1. The van der Waals surface area contributed by atoms with Crippen LogP contribution >= 0.6 is 0 Å². The van der Waals surface area contributed by atoms with E-state index in [0.29, 0.717) is 36.3 Å². The molecule has 0 radical (unpaired) electrons. The Morgan fingerprint density at radius 3 is 2.57 bits per heavy atom. The van der Waals surface area contributed by atoms with Gasteiger partial charge in [-0.05, 0) is 101 Å². The summed E-state index contributed by atoms with van der Waals surface area (Å²) in [5.74, 6) is 1.00. The molecule has 1 amide bonds. The van der Waals surface area contributed by atoms with E-state index in [-0.39, 0.29) is 57.1 Å². The largest absolute Gasteiger partial charge is 0.461 e. The van der Waals surface area contributed by atoms with Gasteiger partial charge in [0.25, 0.3) is 0 Å². The van der Waals surface area contributed by atoms with Crippen molar-refractivity contribution in [3.05, 3.63) is 65.9 Å². The fourth-order valence-corrected chi connectivity index (χ4v) is 8.60. The molecule has 54 heavy (non-hydrogen) atoms. The van der Waals surface area contributed by atoms with E-state index in [1.165, 1.54) is 18.3 Å². The van der Waals surface area contributed by atoms with Crippen LogP contribution in [0.2, 0.25) is 0 Å². The van der Waals surface area contributed by atoms with Crippen molar-refractivity contribution in [1.82, 2.24) is 24.8 Å². The van der Waals surface area contributed by atoms with E-state index in [0.717, 1.165) is 38.8 Å². The number of amides is 1. The molecule has 3 aliphatic rings. The average Bonchev–Trinajstić information content (AvgIpc) is 3.86. The highest BCUT2D eigenvalue weighted by molar-refractivity contribution is 6.02. The van der Waals surface area contributed by atoms with Crippen LogP contribution in [0.4, 0.5) is 14.6 Å². The molecule has 0 N–H and O–H groups in total. The summed E-state index contributed by atoms with van der Waals surface area (Å²) < 4.78 is 38.9. The van der Waals surface area contributed by atoms with Gasteiger partial charge in [-0.15, -0.1) is 6.42 Å². The number of terminal acetylenes is 1. The van der Waals surface area contributed by atoms with Crippen molar-refractivity contribution < 1.29 is 18.3 Å². The van der Waals surface area contributed by atoms with E-state index in [9.17, 15) is 15.3 Å². The minimum absolute atomic E-state index is 0.0263. The van der Waals surface area contributed by atoms with Gasteiger partial charge in [-0.2, -0.15) is 20.5 Å². The number of rotatable bonds is 9. The first-order valence-electron chi connectivity index (χ1n) is 18.2. The van der Waals surface area contributed by atoms with Crippen LogP contribution in [-0.4, -0.2) is 82.1 Å². The number of aromatic nitrogens is 3. The molecule has 10 nitrogen and oxygen atoms in total. The van der Waals surface area contributed by atoms with Gasteiger partial charge < -0.3 is 14.5 Å². The van der Waals surface area contributed by atoms with E-state index in [1.807, 2.05) is 6.92 Å². The normalized spacial score (nSPS) is 20.7. The molecule has 5 heterocycles. The van der Waals surface area contributed by atoms with Gasteiger partial charge in [0, 0.05) is 37.3 Å². The Hall–Kier alpha value is -5.64. The van der Waals surface area contributed by atoms with Crippen molar-refractivity contribution in [2.24, 2.45) is 5.41 Å². The lowest BCUT2D eigenvalue weighted by molar-refractivity contribution is -0.127. The molecule has 2 atom stereocenters. The zero-order chi connectivity index (χ0) is 38.6. The molecule has 0 saturated carbocycles. The van der Waals surface area contributed by atoms with Crippen molar-refractivity contribution in [3.8, 4) is 41.8 Å². The number of halogens is 2. The number of likely N-dealkylation sites (N-methyl/N-ethyl adjacent to an activating group) is 1. The van der Waals surface area contributed by atoms with E-state index < -0.39 is 28.5 Å². The van der Waals surface area contributed by atoms with Gasteiger partial charge in [0.1, 0.15) is 29.5 Å². The monoisotopic (exact) mass is 728 g/mol. The first-order chi connectivity index (χ1) is 25.8. The molecule has 3 saturated heterocycles. The molecular formula is C42H42F2N8O2. The Bertz CT molecular complexity index is 2330. The number of hydrogen-bond donors (Lipinski definition) is 0. The Morgan fingerprint density at radius 2 is 1.91 bits per heavy atom. The van der Waals surface area contributed by atoms with E-state index in [4.69, 9.17) is 16.1 Å². The quantitative estimate of drug-likeness (QED) is 0.138. The van der Waals surface area contributed by atoms with Crippen LogP contribution in [0.15, 0.2) is 43.1 Å². The van der Waals surface area contributed by atoms with Gasteiger partial charge in [-0.1, -0.05) is 18.6 Å². The highest BCUT2D eigenvalue weighted by Crippen LogP contribution is 2.42. The fraction of sp³-hybridized carbons (Fsp3) is 0.429. The second-order valence-corrected chi connectivity index (χ2v) is 15.6. The van der Waals surface area contributed by atoms with Gasteiger partial charge in [0.05, 0.1) is 45.5 Å². The number of nitriles is 2. The van der Waals surface area contributed by atoms with E-state index in [1.54, 1.807) is 48.9 Å². The molecule has 3 aliphatic heterocycles. The third kappa shape index (κ3) is 5.97. The van der Waals surface area contributed by atoms with Crippen LogP contribution in [-0.2, 0) is 10.2 Å². The first kappa shape index (κ1) is 36.7. The summed E-state index contributed by atoms with van der Waals surface area (Å²) in [6, 6.07) is 10.4. The van der Waals surface area contributed by atoms with Crippen LogP contribution in [0, 0.1) is 52.1 Å². The number of carbonyl (C=O) groups excluding carboxylic acids is 1. The van der Waals surface area contributed by atoms with Gasteiger partial charge in [0.15, 0.2) is 5.82 Å². The predicted molar refractivity (Wildman–Crippen MR) is 202 cm³/mol. The molecule has 7 rings (SSSR count). The second-order valence-electron chi connectivity index (χ2n) is 15.6. The van der Waals surface area contributed by atoms with Crippen LogP contribution in [0.5, 0.6) is 6.01 Å². The van der Waals surface area contributed by atoms with Crippen molar-refractivity contribution >= 4 is 33.4 Å². The van der Waals surface area contributed by atoms with Gasteiger partial charge >= 0.3 is 6.01 Å². The lowest BCUT2D eigenvalue weighted by Gasteiger charge is -2.34. The number of ether oxygens (including phenoxy) is 1. The Labute approximate surface area is 314 Å². The van der Waals surface area contributed by atoms with Gasteiger partial charge in [-0.25, -0.2) is 8.78 Å². The molecule has 0 aliphatic carbocycles. The molecule has 2 aromatic carbocycles. The summed E-state index contributed by atoms with van der Waals surface area (Å²) in [5.41, 5.74) is -1.44. The highest BCUT2D eigenvalue weighted by Gasteiger charge is 2.47. The number of carbonyl (C=O) groups is 1. The number of fused-ring (bicyclic) bond motifs is 3. The number of nitrogens with zero attached hydrogens (tertiary/aromatic N) is 8. The molecule has 0 bridgehead atoms. The van der Waals surface area contributed by atoms with E-state index >= 15 is 8.78 Å². The van der Waals surface area contributed by atoms with Crippen molar-refractivity contribution in [2.45, 2.75) is 69.9 Å². The Kier molecular flexibility index (Phi) is 9.28. The highest BCUT2D eigenvalue weighted by atomic mass is 19.1. The molecule has 0 spiro atoms. The minimum Gasteiger partial charge on any atom is -0.461 e. The fourth-order valence-electron chi connectivity index (χ4n) is 8.60. The molecule has 1 unspecified atom stereocenters. The predicted octanol–water partition coefficient (Wildman–Crippen LogP) is 6.67. The second kappa shape index (κ2) is 13.6. The third-order valence-electron chi connectivity index (χ3n) is 11.9. The van der Waals surface area contributed by atoms with Crippen LogP contribution < -0.4 is 9.64 Å². The van der Waals surface area contributed by atoms with Crippen molar-refractivity contribution in [3.63, 3.8) is 0 Å². The molecule has 2 aromatic heterocycles. The summed E-state index contributed by atoms with van der Waals surface area (Å²) in [7, 11) is 1.77. The maximum absolute atomic E-state index is 17.4. The van der Waals surface area contributed by atoms with Crippen LogP contribution in [0.25, 0.3) is 32.9 Å². The lowest BCUT2D eigenvalue weighted by atomic mass is 9.82. The first-order valence-corrected chi connectivity index (χ1v) is 18.2. The molecule has 276 valence electrons. The number of anilines is 1. The minimum atomic E-state index is -0.979. The number of pyridine rings is 1. The lowest BCUT2D eigenvalue weighted by Crippen LogP contribution is -2.47. The Balaban J connectivity index is 1.41. The zero-order valence-electron chi connectivity index (χ0n) is 31.0. The summed E-state index contributed by atoms with van der Waals surface area (Å²) in [5, 5.41) is 21.3. The average molecular weight is 729 g/mol. The summed E-state index contributed by atoms with van der Waals surface area (Å²) >= 11 is 0. The van der Waals surface area contributed by atoms with Gasteiger partial charge in [-0.3, -0.25) is 14.7 Å². The van der Waals surface area contributed by atoms with Crippen LogP contribution in [0.3, 0.4) is 0 Å². The maximum Gasteiger partial charge on any atom is 0.319 e. The maximum atomic E-state index is 17.4.